The number of methoxy groups -OCH3 is 1. The fraction of sp³-hybridized carbons (Fsp3) is 0.400. The first-order valence-corrected chi connectivity index (χ1v) is 4.60. The van der Waals surface area contributed by atoms with Gasteiger partial charge < -0.3 is 9.47 Å². The number of ether oxygens (including phenoxy) is 2. The van der Waals surface area contributed by atoms with Crippen LogP contribution in [0.25, 0.3) is 0 Å². The van der Waals surface area contributed by atoms with Crippen LogP contribution >= 0.6 is 0 Å². The van der Waals surface area contributed by atoms with Crippen LogP contribution in [-0.2, 0) is 4.74 Å². The molecular formula is C10H11F2NO3. The summed E-state index contributed by atoms with van der Waals surface area (Å²) in [5.74, 6) is -0.781. The standard InChI is InChI=1S/C10H11F2NO3/c1-3-16-10(14)6-4-5-7(15-2)13-8(6)9(11)12/h4-5,9H,3H2,1-2H3. The molecule has 0 fully saturated rings. The van der Waals surface area contributed by atoms with Crippen molar-refractivity contribution in [2.45, 2.75) is 13.3 Å². The molecule has 0 aromatic carbocycles. The molecule has 1 heterocycles. The molecule has 1 aromatic heterocycles. The number of hydrogen-bond acceptors (Lipinski definition) is 4. The van der Waals surface area contributed by atoms with Crippen molar-refractivity contribution in [3.8, 4) is 5.88 Å². The molecule has 0 unspecified atom stereocenters. The first-order chi connectivity index (χ1) is 7.60. The normalized spacial score (nSPS) is 10.3. The fourth-order valence-electron chi connectivity index (χ4n) is 1.12. The minimum Gasteiger partial charge on any atom is -0.481 e. The monoisotopic (exact) mass is 231 g/mol. The van der Waals surface area contributed by atoms with Crippen LogP contribution < -0.4 is 4.74 Å². The minimum absolute atomic E-state index is 0.0309. The van der Waals surface area contributed by atoms with Gasteiger partial charge >= 0.3 is 5.97 Å². The number of nitrogens with zero attached hydrogens (tertiary/aromatic N) is 1. The van der Waals surface area contributed by atoms with E-state index in [1.54, 1.807) is 6.92 Å². The smallest absolute Gasteiger partial charge is 0.340 e. The van der Waals surface area contributed by atoms with Crippen molar-refractivity contribution in [1.29, 1.82) is 0 Å². The van der Waals surface area contributed by atoms with E-state index in [-0.39, 0.29) is 18.1 Å². The van der Waals surface area contributed by atoms with Crippen molar-refractivity contribution in [1.82, 2.24) is 4.98 Å². The van der Waals surface area contributed by atoms with Gasteiger partial charge in [-0.1, -0.05) is 0 Å². The van der Waals surface area contributed by atoms with Crippen LogP contribution in [0.2, 0.25) is 0 Å². The molecule has 1 rings (SSSR count). The second-order valence-electron chi connectivity index (χ2n) is 2.81. The van der Waals surface area contributed by atoms with E-state index in [9.17, 15) is 13.6 Å². The summed E-state index contributed by atoms with van der Waals surface area (Å²) in [6, 6.07) is 2.55. The number of aromatic nitrogens is 1. The first kappa shape index (κ1) is 12.4. The van der Waals surface area contributed by atoms with E-state index in [0.717, 1.165) is 0 Å². The molecule has 0 spiro atoms. The largest absolute Gasteiger partial charge is 0.481 e. The van der Waals surface area contributed by atoms with Gasteiger partial charge in [-0.15, -0.1) is 0 Å². The summed E-state index contributed by atoms with van der Waals surface area (Å²) in [6.45, 7) is 1.71. The number of esters is 1. The molecule has 88 valence electrons. The minimum atomic E-state index is -2.85. The Labute approximate surface area is 91.2 Å². The molecule has 6 heteroatoms. The third-order valence-corrected chi connectivity index (χ3v) is 1.81. The highest BCUT2D eigenvalue weighted by molar-refractivity contribution is 5.90. The second-order valence-corrected chi connectivity index (χ2v) is 2.81. The van der Waals surface area contributed by atoms with Crippen LogP contribution in [0.1, 0.15) is 29.4 Å². The zero-order valence-electron chi connectivity index (χ0n) is 8.87. The van der Waals surface area contributed by atoms with Gasteiger partial charge in [-0.2, -0.15) is 0 Å². The van der Waals surface area contributed by atoms with Crippen molar-refractivity contribution in [3.05, 3.63) is 23.4 Å². The fourth-order valence-corrected chi connectivity index (χ4v) is 1.12. The van der Waals surface area contributed by atoms with Crippen molar-refractivity contribution >= 4 is 5.97 Å². The third kappa shape index (κ3) is 2.65. The SMILES string of the molecule is CCOC(=O)c1ccc(OC)nc1C(F)F. The van der Waals surface area contributed by atoms with Crippen molar-refractivity contribution in [2.24, 2.45) is 0 Å². The summed E-state index contributed by atoms with van der Waals surface area (Å²) in [6.07, 6.45) is -2.85. The molecule has 0 radical (unpaired) electrons. The zero-order chi connectivity index (χ0) is 12.1. The Balaban J connectivity index is 3.12. The lowest BCUT2D eigenvalue weighted by Gasteiger charge is -2.08. The summed E-state index contributed by atoms with van der Waals surface area (Å²) in [4.78, 5) is 14.9. The summed E-state index contributed by atoms with van der Waals surface area (Å²) in [5, 5.41) is 0. The highest BCUT2D eigenvalue weighted by Gasteiger charge is 2.21. The molecule has 0 bridgehead atoms. The number of rotatable bonds is 4. The third-order valence-electron chi connectivity index (χ3n) is 1.81. The van der Waals surface area contributed by atoms with Crippen molar-refractivity contribution in [3.63, 3.8) is 0 Å². The topological polar surface area (TPSA) is 48.4 Å². The van der Waals surface area contributed by atoms with E-state index >= 15 is 0 Å². The average Bonchev–Trinajstić information content (AvgIpc) is 2.28. The van der Waals surface area contributed by atoms with E-state index in [2.05, 4.69) is 9.72 Å². The maximum Gasteiger partial charge on any atom is 0.340 e. The summed E-state index contributed by atoms with van der Waals surface area (Å²) in [5.41, 5.74) is -0.865. The number of alkyl halides is 2. The Kier molecular flexibility index (Phi) is 4.16. The Bertz CT molecular complexity index is 382. The van der Waals surface area contributed by atoms with Crippen LogP contribution in [0, 0.1) is 0 Å². The predicted molar refractivity (Wildman–Crippen MR) is 51.7 cm³/mol. The van der Waals surface area contributed by atoms with Crippen LogP contribution in [-0.4, -0.2) is 24.7 Å². The summed E-state index contributed by atoms with van der Waals surface area (Å²) < 4.78 is 34.6. The van der Waals surface area contributed by atoms with E-state index in [4.69, 9.17) is 4.74 Å². The van der Waals surface area contributed by atoms with Crippen LogP contribution in [0.3, 0.4) is 0 Å². The van der Waals surface area contributed by atoms with E-state index in [0.29, 0.717) is 0 Å². The van der Waals surface area contributed by atoms with Crippen molar-refractivity contribution < 1.29 is 23.0 Å². The molecule has 4 nitrogen and oxygen atoms in total. The molecular weight excluding hydrogens is 220 g/mol. The molecule has 0 N–H and O–H groups in total. The highest BCUT2D eigenvalue weighted by atomic mass is 19.3. The molecule has 0 saturated heterocycles. The lowest BCUT2D eigenvalue weighted by atomic mass is 10.2. The average molecular weight is 231 g/mol. The number of halogens is 2. The summed E-state index contributed by atoms with van der Waals surface area (Å²) in [7, 11) is 1.31. The van der Waals surface area contributed by atoms with Gasteiger partial charge in [0.05, 0.1) is 19.3 Å². The Morgan fingerprint density at radius 3 is 2.69 bits per heavy atom. The van der Waals surface area contributed by atoms with Crippen LogP contribution in [0.15, 0.2) is 12.1 Å². The molecule has 0 aliphatic carbocycles. The van der Waals surface area contributed by atoms with Gasteiger partial charge in [0, 0.05) is 6.07 Å². The lowest BCUT2D eigenvalue weighted by molar-refractivity contribution is 0.0513. The van der Waals surface area contributed by atoms with Gasteiger partial charge in [0.15, 0.2) is 0 Å². The lowest BCUT2D eigenvalue weighted by Crippen LogP contribution is -2.10. The Hall–Kier alpha value is -1.72. The Morgan fingerprint density at radius 2 is 2.19 bits per heavy atom. The second kappa shape index (κ2) is 5.39. The van der Waals surface area contributed by atoms with Crippen molar-refractivity contribution in [2.75, 3.05) is 13.7 Å². The van der Waals surface area contributed by atoms with Gasteiger partial charge in [-0.05, 0) is 13.0 Å². The van der Waals surface area contributed by atoms with E-state index in [1.807, 2.05) is 0 Å². The zero-order valence-corrected chi connectivity index (χ0v) is 8.87. The first-order valence-electron chi connectivity index (χ1n) is 4.60. The van der Waals surface area contributed by atoms with E-state index in [1.165, 1.54) is 19.2 Å². The molecule has 0 atom stereocenters. The van der Waals surface area contributed by atoms with Crippen LogP contribution in [0.4, 0.5) is 8.78 Å². The number of hydrogen-bond donors (Lipinski definition) is 0. The molecule has 0 saturated carbocycles. The van der Waals surface area contributed by atoms with Crippen LogP contribution in [0.5, 0.6) is 5.88 Å². The van der Waals surface area contributed by atoms with Gasteiger partial charge in [-0.3, -0.25) is 0 Å². The maximum atomic E-state index is 12.6. The number of carbonyl (C=O) groups excluding carboxylic acids is 1. The summed E-state index contributed by atoms with van der Waals surface area (Å²) >= 11 is 0. The molecule has 0 aliphatic rings. The molecule has 0 aliphatic heterocycles. The Morgan fingerprint density at radius 1 is 1.50 bits per heavy atom. The molecule has 1 aromatic rings. The molecule has 0 amide bonds. The maximum absolute atomic E-state index is 12.6. The quantitative estimate of drug-likeness (QED) is 0.745. The highest BCUT2D eigenvalue weighted by Crippen LogP contribution is 2.24. The van der Waals surface area contributed by atoms with Gasteiger partial charge in [0.2, 0.25) is 5.88 Å². The molecule has 16 heavy (non-hydrogen) atoms. The van der Waals surface area contributed by atoms with Gasteiger partial charge in [0.25, 0.3) is 6.43 Å². The number of carbonyl (C=O) groups is 1. The number of pyridine rings is 1. The predicted octanol–water partition coefficient (Wildman–Crippen LogP) is 2.20. The van der Waals surface area contributed by atoms with E-state index < -0.39 is 18.1 Å². The van der Waals surface area contributed by atoms with Gasteiger partial charge in [-0.25, -0.2) is 18.6 Å². The van der Waals surface area contributed by atoms with Gasteiger partial charge in [0.1, 0.15) is 5.69 Å².